The minimum absolute atomic E-state index is 0.742. The molecule has 0 radical (unpaired) electrons. The van der Waals surface area contributed by atoms with Gasteiger partial charge in [-0.15, -0.1) is 0 Å². The third-order valence-electron chi connectivity index (χ3n) is 2.71. The summed E-state index contributed by atoms with van der Waals surface area (Å²) in [4.78, 5) is 3.96. The van der Waals surface area contributed by atoms with Crippen LogP contribution < -0.4 is 10.6 Å². The number of hydrogen-bond acceptors (Lipinski definition) is 3. The van der Waals surface area contributed by atoms with Gasteiger partial charge in [0.2, 0.25) is 0 Å². The van der Waals surface area contributed by atoms with Gasteiger partial charge in [-0.2, -0.15) is 0 Å². The van der Waals surface area contributed by atoms with Crippen molar-refractivity contribution >= 4 is 11.6 Å². The first-order chi connectivity index (χ1) is 7.86. The highest BCUT2D eigenvalue weighted by Gasteiger charge is 2.19. The number of aromatic nitrogens is 1. The average Bonchev–Trinajstić information content (AvgIpc) is 3.09. The maximum absolute atomic E-state index is 6.00. The highest BCUT2D eigenvalue weighted by atomic mass is 35.5. The average molecular weight is 240 g/mol. The van der Waals surface area contributed by atoms with Gasteiger partial charge in [0, 0.05) is 25.0 Å². The van der Waals surface area contributed by atoms with Crippen LogP contribution in [-0.2, 0) is 6.54 Å². The molecule has 1 aliphatic rings. The molecule has 0 atom stereocenters. The molecule has 1 aromatic rings. The van der Waals surface area contributed by atoms with Crippen LogP contribution in [0.2, 0.25) is 5.02 Å². The molecule has 1 aromatic heterocycles. The van der Waals surface area contributed by atoms with E-state index in [1.54, 1.807) is 12.4 Å². The minimum Gasteiger partial charge on any atom is -0.314 e. The molecular formula is C12H18ClN3. The molecular weight excluding hydrogens is 222 g/mol. The van der Waals surface area contributed by atoms with Crippen molar-refractivity contribution in [2.24, 2.45) is 0 Å². The zero-order chi connectivity index (χ0) is 11.2. The van der Waals surface area contributed by atoms with Gasteiger partial charge in [0.15, 0.2) is 0 Å². The van der Waals surface area contributed by atoms with Crippen molar-refractivity contribution in [3.05, 3.63) is 29.0 Å². The summed E-state index contributed by atoms with van der Waals surface area (Å²) in [5.74, 6) is 0. The van der Waals surface area contributed by atoms with Gasteiger partial charge in [-0.3, -0.25) is 4.98 Å². The fraction of sp³-hybridized carbons (Fsp3) is 0.583. The Kier molecular flexibility index (Phi) is 4.57. The first-order valence-corrected chi connectivity index (χ1v) is 6.26. The van der Waals surface area contributed by atoms with Crippen LogP contribution in [0.25, 0.3) is 0 Å². The van der Waals surface area contributed by atoms with Gasteiger partial charge >= 0.3 is 0 Å². The first-order valence-electron chi connectivity index (χ1n) is 5.89. The number of nitrogens with one attached hydrogen (secondary N) is 2. The van der Waals surface area contributed by atoms with Gasteiger partial charge in [-0.1, -0.05) is 11.6 Å². The SMILES string of the molecule is Clc1cnccc1CNCCCNC1CC1. The maximum Gasteiger partial charge on any atom is 0.0634 e. The van der Waals surface area contributed by atoms with E-state index in [9.17, 15) is 0 Å². The van der Waals surface area contributed by atoms with Gasteiger partial charge in [0.05, 0.1) is 5.02 Å². The van der Waals surface area contributed by atoms with Crippen molar-refractivity contribution in [1.29, 1.82) is 0 Å². The molecule has 2 rings (SSSR count). The third kappa shape index (κ3) is 4.08. The van der Waals surface area contributed by atoms with Crippen LogP contribution in [0.5, 0.6) is 0 Å². The Morgan fingerprint density at radius 3 is 3.00 bits per heavy atom. The molecule has 0 spiro atoms. The standard InChI is InChI=1S/C12H18ClN3/c13-12-9-15-7-4-10(12)8-14-5-1-6-16-11-2-3-11/h4,7,9,11,14,16H,1-3,5-6,8H2. The van der Waals surface area contributed by atoms with E-state index < -0.39 is 0 Å². The molecule has 3 nitrogen and oxygen atoms in total. The van der Waals surface area contributed by atoms with Crippen LogP contribution in [-0.4, -0.2) is 24.1 Å². The van der Waals surface area contributed by atoms with Crippen molar-refractivity contribution in [2.75, 3.05) is 13.1 Å². The van der Waals surface area contributed by atoms with Gasteiger partial charge < -0.3 is 10.6 Å². The molecule has 0 aliphatic heterocycles. The summed E-state index contributed by atoms with van der Waals surface area (Å²) in [6.45, 7) is 2.96. The second-order valence-corrected chi connectivity index (χ2v) is 4.63. The normalized spacial score (nSPS) is 15.3. The highest BCUT2D eigenvalue weighted by Crippen LogP contribution is 2.18. The Bertz CT molecular complexity index is 326. The molecule has 4 heteroatoms. The van der Waals surface area contributed by atoms with Gasteiger partial charge in [-0.05, 0) is 44.0 Å². The summed E-state index contributed by atoms with van der Waals surface area (Å²) < 4.78 is 0. The lowest BCUT2D eigenvalue weighted by atomic mass is 10.2. The summed E-state index contributed by atoms with van der Waals surface area (Å²) >= 11 is 6.00. The van der Waals surface area contributed by atoms with E-state index in [2.05, 4.69) is 15.6 Å². The van der Waals surface area contributed by atoms with Crippen molar-refractivity contribution in [3.63, 3.8) is 0 Å². The van der Waals surface area contributed by atoms with Crippen LogP contribution in [0.4, 0.5) is 0 Å². The molecule has 16 heavy (non-hydrogen) atoms. The van der Waals surface area contributed by atoms with E-state index in [0.717, 1.165) is 36.3 Å². The minimum atomic E-state index is 0.742. The number of rotatable bonds is 7. The second kappa shape index (κ2) is 6.18. The molecule has 88 valence electrons. The number of halogens is 1. The van der Waals surface area contributed by atoms with Crippen molar-refractivity contribution in [3.8, 4) is 0 Å². The van der Waals surface area contributed by atoms with Gasteiger partial charge in [0.1, 0.15) is 0 Å². The molecule has 1 aliphatic carbocycles. The fourth-order valence-corrected chi connectivity index (χ4v) is 1.76. The van der Waals surface area contributed by atoms with Crippen LogP contribution >= 0.6 is 11.6 Å². The quantitative estimate of drug-likeness (QED) is 0.715. The molecule has 0 aromatic carbocycles. The lowest BCUT2D eigenvalue weighted by Gasteiger charge is -2.06. The fourth-order valence-electron chi connectivity index (χ4n) is 1.58. The lowest BCUT2D eigenvalue weighted by molar-refractivity contribution is 0.593. The van der Waals surface area contributed by atoms with Crippen LogP contribution in [0.15, 0.2) is 18.5 Å². The highest BCUT2D eigenvalue weighted by molar-refractivity contribution is 6.31. The van der Waals surface area contributed by atoms with Crippen molar-refractivity contribution in [1.82, 2.24) is 15.6 Å². The number of hydrogen-bond donors (Lipinski definition) is 2. The van der Waals surface area contributed by atoms with E-state index in [-0.39, 0.29) is 0 Å². The summed E-state index contributed by atoms with van der Waals surface area (Å²) in [7, 11) is 0. The Balaban J connectivity index is 1.55. The van der Waals surface area contributed by atoms with E-state index in [4.69, 9.17) is 11.6 Å². The van der Waals surface area contributed by atoms with E-state index in [1.807, 2.05) is 6.07 Å². The van der Waals surface area contributed by atoms with Crippen molar-refractivity contribution in [2.45, 2.75) is 31.8 Å². The van der Waals surface area contributed by atoms with Crippen molar-refractivity contribution < 1.29 is 0 Å². The molecule has 0 bridgehead atoms. The summed E-state index contributed by atoms with van der Waals surface area (Å²) in [6, 6.07) is 2.77. The number of nitrogens with zero attached hydrogens (tertiary/aromatic N) is 1. The Morgan fingerprint density at radius 2 is 2.25 bits per heavy atom. The zero-order valence-electron chi connectivity index (χ0n) is 9.38. The molecule has 0 amide bonds. The number of pyridine rings is 1. The third-order valence-corrected chi connectivity index (χ3v) is 3.05. The zero-order valence-corrected chi connectivity index (χ0v) is 10.1. The summed E-state index contributed by atoms with van der Waals surface area (Å²) in [6.07, 6.45) is 7.35. The summed E-state index contributed by atoms with van der Waals surface area (Å²) in [5.41, 5.74) is 1.12. The topological polar surface area (TPSA) is 37.0 Å². The second-order valence-electron chi connectivity index (χ2n) is 4.23. The van der Waals surface area contributed by atoms with E-state index in [1.165, 1.54) is 19.3 Å². The Hall–Kier alpha value is -0.640. The molecule has 0 saturated heterocycles. The monoisotopic (exact) mass is 239 g/mol. The molecule has 1 fully saturated rings. The predicted molar refractivity (Wildman–Crippen MR) is 66.6 cm³/mol. The van der Waals surface area contributed by atoms with Crippen LogP contribution in [0, 0.1) is 0 Å². The lowest BCUT2D eigenvalue weighted by Crippen LogP contribution is -2.23. The maximum atomic E-state index is 6.00. The molecule has 0 unspecified atom stereocenters. The summed E-state index contributed by atoms with van der Waals surface area (Å²) in [5, 5.41) is 7.62. The van der Waals surface area contributed by atoms with Gasteiger partial charge in [0.25, 0.3) is 0 Å². The Labute approximate surface area is 102 Å². The Morgan fingerprint density at radius 1 is 1.38 bits per heavy atom. The molecule has 1 heterocycles. The largest absolute Gasteiger partial charge is 0.314 e. The molecule has 2 N–H and O–H groups in total. The first kappa shape index (κ1) is 11.8. The van der Waals surface area contributed by atoms with Crippen LogP contribution in [0.1, 0.15) is 24.8 Å². The smallest absolute Gasteiger partial charge is 0.0634 e. The van der Waals surface area contributed by atoms with Crippen LogP contribution in [0.3, 0.4) is 0 Å². The van der Waals surface area contributed by atoms with E-state index >= 15 is 0 Å². The van der Waals surface area contributed by atoms with Gasteiger partial charge in [-0.25, -0.2) is 0 Å². The molecule has 1 saturated carbocycles. The predicted octanol–water partition coefficient (Wildman–Crippen LogP) is 1.97. The van der Waals surface area contributed by atoms with E-state index in [0.29, 0.717) is 0 Å².